The van der Waals surface area contributed by atoms with E-state index in [0.29, 0.717) is 23.3 Å². The van der Waals surface area contributed by atoms with E-state index >= 15 is 0 Å². The number of anilines is 1. The molecule has 0 saturated carbocycles. The van der Waals surface area contributed by atoms with E-state index in [1.165, 1.54) is 10.4 Å². The zero-order valence-electron chi connectivity index (χ0n) is 16.7. The lowest BCUT2D eigenvalue weighted by Crippen LogP contribution is -2.25. The summed E-state index contributed by atoms with van der Waals surface area (Å²) in [5, 5.41) is 5.26. The minimum absolute atomic E-state index is 0.597. The van der Waals surface area contributed by atoms with Crippen molar-refractivity contribution < 1.29 is 4.74 Å². The largest absolute Gasteiger partial charge is 0.495 e. The van der Waals surface area contributed by atoms with Crippen molar-refractivity contribution in [3.05, 3.63) is 57.9 Å². The maximum absolute atomic E-state index is 6.30. The number of rotatable bonds is 5. The molecule has 5 rings (SSSR count). The van der Waals surface area contributed by atoms with E-state index in [4.69, 9.17) is 26.3 Å². The fourth-order valence-electron chi connectivity index (χ4n) is 3.74. The molecule has 0 saturated heterocycles. The third kappa shape index (κ3) is 3.51. The van der Waals surface area contributed by atoms with Gasteiger partial charge in [-0.1, -0.05) is 17.7 Å². The van der Waals surface area contributed by atoms with Gasteiger partial charge in [0.25, 0.3) is 0 Å². The van der Waals surface area contributed by atoms with Crippen LogP contribution in [0.1, 0.15) is 16.0 Å². The van der Waals surface area contributed by atoms with Crippen molar-refractivity contribution in [3.8, 4) is 11.7 Å². The highest BCUT2D eigenvalue weighted by Crippen LogP contribution is 2.38. The Labute approximate surface area is 183 Å². The zero-order chi connectivity index (χ0) is 20.7. The fraction of sp³-hybridized carbons (Fsp3) is 0.286. The number of benzene rings is 1. The van der Waals surface area contributed by atoms with Crippen molar-refractivity contribution >= 4 is 39.0 Å². The van der Waals surface area contributed by atoms with Gasteiger partial charge in [0.05, 0.1) is 17.5 Å². The second-order valence-electron chi connectivity index (χ2n) is 7.34. The van der Waals surface area contributed by atoms with E-state index in [1.807, 2.05) is 29.0 Å². The number of hydrogen-bond acceptors (Lipinski definition) is 7. The van der Waals surface area contributed by atoms with Crippen molar-refractivity contribution in [1.82, 2.24) is 24.4 Å². The van der Waals surface area contributed by atoms with Gasteiger partial charge >= 0.3 is 0 Å². The highest BCUT2D eigenvalue weighted by Gasteiger charge is 2.23. The van der Waals surface area contributed by atoms with Gasteiger partial charge in [0.1, 0.15) is 22.7 Å². The molecule has 0 aliphatic carbocycles. The summed E-state index contributed by atoms with van der Waals surface area (Å²) in [5.41, 5.74) is 2.42. The number of methoxy groups -OCH3 is 1. The Bertz CT molecular complexity index is 1210. The summed E-state index contributed by atoms with van der Waals surface area (Å²) in [6.45, 7) is 2.59. The van der Waals surface area contributed by atoms with Gasteiger partial charge in [-0.05, 0) is 36.7 Å². The van der Waals surface area contributed by atoms with Crippen molar-refractivity contribution in [2.24, 2.45) is 0 Å². The summed E-state index contributed by atoms with van der Waals surface area (Å²) in [5.74, 6) is 2.13. The lowest BCUT2D eigenvalue weighted by atomic mass is 10.1. The van der Waals surface area contributed by atoms with E-state index in [2.05, 4.69) is 22.2 Å². The maximum Gasteiger partial charge on any atom is 0.238 e. The minimum atomic E-state index is 0.597. The molecule has 30 heavy (non-hydrogen) atoms. The Hall–Kier alpha value is -2.68. The first kappa shape index (κ1) is 19.3. The Morgan fingerprint density at radius 2 is 2.20 bits per heavy atom. The summed E-state index contributed by atoms with van der Waals surface area (Å²) in [6.07, 6.45) is 6.31. The van der Waals surface area contributed by atoms with Crippen LogP contribution in [0.15, 0.2) is 36.9 Å². The van der Waals surface area contributed by atoms with Gasteiger partial charge in [-0.25, -0.2) is 9.97 Å². The number of nitrogens with zero attached hydrogens (tertiary/aromatic N) is 5. The summed E-state index contributed by atoms with van der Waals surface area (Å²) in [4.78, 5) is 18.5. The van der Waals surface area contributed by atoms with Crippen LogP contribution in [0.25, 0.3) is 16.2 Å². The summed E-state index contributed by atoms with van der Waals surface area (Å²) < 4.78 is 7.09. The first-order valence-electron chi connectivity index (χ1n) is 9.68. The molecule has 1 aliphatic rings. The molecule has 0 atom stereocenters. The molecule has 0 fully saturated rings. The molecule has 154 valence electrons. The average Bonchev–Trinajstić information content (AvgIpc) is 3.39. The van der Waals surface area contributed by atoms with Gasteiger partial charge in [0, 0.05) is 36.9 Å². The lowest BCUT2D eigenvalue weighted by Gasteiger charge is -2.22. The molecule has 3 aromatic heterocycles. The molecule has 0 amide bonds. The van der Waals surface area contributed by atoms with Crippen LogP contribution in [0.4, 0.5) is 5.82 Å². The van der Waals surface area contributed by atoms with Gasteiger partial charge < -0.3 is 15.0 Å². The maximum atomic E-state index is 6.30. The third-order valence-corrected chi connectivity index (χ3v) is 6.70. The lowest BCUT2D eigenvalue weighted by molar-refractivity contribution is 0.318. The standard InChI is InChI=1S/C21H21ClN6OS/c1-27-7-5-14-17(11-27)30-20-18(14)19(25-21(26-20)28-8-6-23-12-28)24-10-13-3-4-16(29-2)15(22)9-13/h3-4,6,8-9,12H,5,7,10-11H2,1-2H3,(H,24,25,26). The van der Waals surface area contributed by atoms with Crippen LogP contribution in [-0.2, 0) is 19.5 Å². The van der Waals surface area contributed by atoms with Crippen molar-refractivity contribution in [2.45, 2.75) is 19.5 Å². The number of imidazole rings is 1. The molecule has 1 aliphatic heterocycles. The predicted octanol–water partition coefficient (Wildman–Crippen LogP) is 4.14. The molecule has 9 heteroatoms. The molecule has 0 radical (unpaired) electrons. The Kier molecular flexibility index (Phi) is 5.06. The highest BCUT2D eigenvalue weighted by molar-refractivity contribution is 7.19. The number of halogens is 1. The Balaban J connectivity index is 1.55. The molecular formula is C21H21ClN6OS. The molecule has 7 nitrogen and oxygen atoms in total. The first-order valence-corrected chi connectivity index (χ1v) is 10.9. The summed E-state index contributed by atoms with van der Waals surface area (Å²) >= 11 is 8.05. The van der Waals surface area contributed by atoms with Crippen LogP contribution >= 0.6 is 22.9 Å². The minimum Gasteiger partial charge on any atom is -0.495 e. The van der Waals surface area contributed by atoms with E-state index in [-0.39, 0.29) is 0 Å². The summed E-state index contributed by atoms with van der Waals surface area (Å²) in [6, 6.07) is 5.81. The van der Waals surface area contributed by atoms with Crippen LogP contribution in [0.3, 0.4) is 0 Å². The van der Waals surface area contributed by atoms with Gasteiger partial charge in [0.15, 0.2) is 0 Å². The van der Waals surface area contributed by atoms with Crippen molar-refractivity contribution in [2.75, 3.05) is 26.0 Å². The van der Waals surface area contributed by atoms with Gasteiger partial charge in [-0.3, -0.25) is 4.57 Å². The molecule has 4 aromatic rings. The molecule has 0 unspecified atom stereocenters. The van der Waals surface area contributed by atoms with Gasteiger partial charge in [0.2, 0.25) is 5.95 Å². The third-order valence-electron chi connectivity index (χ3n) is 5.29. The van der Waals surface area contributed by atoms with E-state index in [0.717, 1.165) is 41.1 Å². The van der Waals surface area contributed by atoms with Crippen molar-refractivity contribution in [1.29, 1.82) is 0 Å². The summed E-state index contributed by atoms with van der Waals surface area (Å²) in [7, 11) is 3.77. The molecule has 4 heterocycles. The number of fused-ring (bicyclic) bond motifs is 3. The van der Waals surface area contributed by atoms with E-state index < -0.39 is 0 Å². The fourth-order valence-corrected chi connectivity index (χ4v) is 5.31. The number of ether oxygens (including phenoxy) is 1. The number of aromatic nitrogens is 4. The molecule has 1 N–H and O–H groups in total. The molecule has 0 bridgehead atoms. The normalized spacial score (nSPS) is 14.1. The van der Waals surface area contributed by atoms with Crippen LogP contribution in [0.2, 0.25) is 5.02 Å². The Morgan fingerprint density at radius 3 is 2.97 bits per heavy atom. The molecule has 1 aromatic carbocycles. The van der Waals surface area contributed by atoms with E-state index in [1.54, 1.807) is 31.0 Å². The van der Waals surface area contributed by atoms with Crippen molar-refractivity contribution in [3.63, 3.8) is 0 Å². The van der Waals surface area contributed by atoms with Gasteiger partial charge in [-0.2, -0.15) is 4.98 Å². The second-order valence-corrected chi connectivity index (χ2v) is 8.83. The highest BCUT2D eigenvalue weighted by atomic mass is 35.5. The number of thiophene rings is 1. The van der Waals surface area contributed by atoms with Crippen LogP contribution in [0, 0.1) is 0 Å². The number of hydrogen-bond donors (Lipinski definition) is 1. The van der Waals surface area contributed by atoms with E-state index in [9.17, 15) is 0 Å². The van der Waals surface area contributed by atoms with Crippen LogP contribution in [0.5, 0.6) is 5.75 Å². The molecule has 0 spiro atoms. The Morgan fingerprint density at radius 1 is 1.30 bits per heavy atom. The smallest absolute Gasteiger partial charge is 0.238 e. The quantitative estimate of drug-likeness (QED) is 0.503. The zero-order valence-corrected chi connectivity index (χ0v) is 18.3. The van der Waals surface area contributed by atoms with Crippen LogP contribution in [-0.4, -0.2) is 45.1 Å². The SMILES string of the molecule is COc1ccc(CNc2nc(-n3ccnc3)nc3sc4c(c23)CCN(C)C4)cc1Cl. The number of likely N-dealkylation sites (N-methyl/N-ethyl adjacent to an activating group) is 1. The molecular weight excluding hydrogens is 420 g/mol. The monoisotopic (exact) mass is 440 g/mol. The second kappa shape index (κ2) is 7.86. The van der Waals surface area contributed by atoms with Gasteiger partial charge in [-0.15, -0.1) is 11.3 Å². The average molecular weight is 441 g/mol. The first-order chi connectivity index (χ1) is 14.6. The predicted molar refractivity (Wildman–Crippen MR) is 120 cm³/mol. The van der Waals surface area contributed by atoms with Crippen LogP contribution < -0.4 is 10.1 Å². The number of nitrogens with one attached hydrogen (secondary N) is 1. The topological polar surface area (TPSA) is 68.1 Å².